The van der Waals surface area contributed by atoms with Gasteiger partial charge in [0.25, 0.3) is 0 Å². The van der Waals surface area contributed by atoms with Crippen LogP contribution in [0.4, 0.5) is 4.39 Å². The van der Waals surface area contributed by atoms with Crippen LogP contribution in [0.2, 0.25) is 0 Å². The number of benzene rings is 1. The standard InChI is InChI=1S/C17H20FN3O3.2ClH/c1-23-15(9-19)8-16(22)20-10-12-5-6-17(21-11-12)24-14-4-2-3-13(18)7-14;;/h2-7,11,15H,8-10,19H2,1H3,(H,20,22);2*1H. The van der Waals surface area contributed by atoms with Crippen molar-refractivity contribution in [1.82, 2.24) is 10.3 Å². The van der Waals surface area contributed by atoms with Crippen LogP contribution in [0.5, 0.6) is 11.6 Å². The van der Waals surface area contributed by atoms with E-state index in [0.29, 0.717) is 18.2 Å². The maximum absolute atomic E-state index is 13.1. The van der Waals surface area contributed by atoms with Gasteiger partial charge in [-0.3, -0.25) is 4.79 Å². The number of nitrogens with zero attached hydrogens (tertiary/aromatic N) is 1. The lowest BCUT2D eigenvalue weighted by molar-refractivity contribution is -0.123. The Morgan fingerprint density at radius 3 is 2.65 bits per heavy atom. The van der Waals surface area contributed by atoms with Crippen LogP contribution in [0, 0.1) is 5.82 Å². The number of carbonyl (C=O) groups is 1. The second kappa shape index (κ2) is 12.4. The number of nitrogens with one attached hydrogen (secondary N) is 1. The topological polar surface area (TPSA) is 86.5 Å². The van der Waals surface area contributed by atoms with Crippen LogP contribution in [0.3, 0.4) is 0 Å². The summed E-state index contributed by atoms with van der Waals surface area (Å²) in [5.41, 5.74) is 6.29. The van der Waals surface area contributed by atoms with Crippen LogP contribution in [0.25, 0.3) is 0 Å². The Kier molecular flexibility index (Phi) is 11.5. The molecule has 144 valence electrons. The van der Waals surface area contributed by atoms with E-state index in [4.69, 9.17) is 15.2 Å². The Bertz CT molecular complexity index is 671. The quantitative estimate of drug-likeness (QED) is 0.704. The lowest BCUT2D eigenvalue weighted by Crippen LogP contribution is -2.31. The summed E-state index contributed by atoms with van der Waals surface area (Å²) in [4.78, 5) is 15.9. The number of nitrogens with two attached hydrogens (primary N) is 1. The molecule has 2 aromatic rings. The van der Waals surface area contributed by atoms with Crippen LogP contribution >= 0.6 is 24.8 Å². The van der Waals surface area contributed by atoms with E-state index in [2.05, 4.69) is 10.3 Å². The van der Waals surface area contributed by atoms with E-state index < -0.39 is 0 Å². The Balaban J connectivity index is 0.00000312. The number of hydrogen-bond acceptors (Lipinski definition) is 5. The first-order valence-corrected chi connectivity index (χ1v) is 7.48. The Hall–Kier alpha value is -1.93. The molecule has 0 saturated heterocycles. The number of pyridine rings is 1. The van der Waals surface area contributed by atoms with E-state index in [0.717, 1.165) is 5.56 Å². The molecule has 0 fully saturated rings. The molecule has 0 bridgehead atoms. The van der Waals surface area contributed by atoms with Gasteiger partial charge in [0.15, 0.2) is 0 Å². The minimum Gasteiger partial charge on any atom is -0.439 e. The van der Waals surface area contributed by atoms with Crippen LogP contribution in [0.15, 0.2) is 42.6 Å². The molecule has 0 spiro atoms. The molecule has 1 heterocycles. The average Bonchev–Trinajstić information content (AvgIpc) is 2.59. The van der Waals surface area contributed by atoms with Gasteiger partial charge < -0.3 is 20.5 Å². The number of aromatic nitrogens is 1. The molecular formula is C17H22Cl2FN3O3. The smallest absolute Gasteiger partial charge is 0.222 e. The Labute approximate surface area is 164 Å². The van der Waals surface area contributed by atoms with E-state index >= 15 is 0 Å². The SMILES string of the molecule is COC(CN)CC(=O)NCc1ccc(Oc2cccc(F)c2)nc1.Cl.Cl. The first kappa shape index (κ1) is 24.1. The van der Waals surface area contributed by atoms with Crippen molar-refractivity contribution in [3.8, 4) is 11.6 Å². The van der Waals surface area contributed by atoms with Crippen molar-refractivity contribution in [3.63, 3.8) is 0 Å². The first-order valence-electron chi connectivity index (χ1n) is 7.48. The van der Waals surface area contributed by atoms with E-state index in [9.17, 15) is 9.18 Å². The van der Waals surface area contributed by atoms with Crippen LogP contribution in [-0.2, 0) is 16.1 Å². The summed E-state index contributed by atoms with van der Waals surface area (Å²) in [5.74, 6) is 0.195. The molecule has 9 heteroatoms. The molecule has 1 amide bonds. The zero-order valence-corrected chi connectivity index (χ0v) is 15.8. The number of carbonyl (C=O) groups excluding carboxylic acids is 1. The summed E-state index contributed by atoms with van der Waals surface area (Å²) in [6.07, 6.45) is 1.51. The molecule has 1 aromatic carbocycles. The third-order valence-electron chi connectivity index (χ3n) is 3.32. The molecule has 1 unspecified atom stereocenters. The second-order valence-electron chi connectivity index (χ2n) is 5.14. The van der Waals surface area contributed by atoms with E-state index in [1.54, 1.807) is 30.5 Å². The summed E-state index contributed by atoms with van der Waals surface area (Å²) < 4.78 is 23.6. The summed E-state index contributed by atoms with van der Waals surface area (Å²) in [7, 11) is 1.52. The third kappa shape index (κ3) is 7.97. The van der Waals surface area contributed by atoms with Crippen LogP contribution in [-0.4, -0.2) is 30.6 Å². The first-order chi connectivity index (χ1) is 11.6. The van der Waals surface area contributed by atoms with Gasteiger partial charge in [-0.25, -0.2) is 9.37 Å². The molecule has 6 nitrogen and oxygen atoms in total. The third-order valence-corrected chi connectivity index (χ3v) is 3.32. The van der Waals surface area contributed by atoms with Gasteiger partial charge >= 0.3 is 0 Å². The molecule has 1 atom stereocenters. The fourth-order valence-electron chi connectivity index (χ4n) is 1.97. The molecule has 1 aromatic heterocycles. The fraction of sp³-hybridized carbons (Fsp3) is 0.294. The van der Waals surface area contributed by atoms with Crippen molar-refractivity contribution in [1.29, 1.82) is 0 Å². The molecule has 0 aliphatic heterocycles. The number of halogens is 3. The molecular weight excluding hydrogens is 384 g/mol. The summed E-state index contributed by atoms with van der Waals surface area (Å²) in [5, 5.41) is 2.77. The zero-order chi connectivity index (χ0) is 17.4. The monoisotopic (exact) mass is 405 g/mol. The van der Waals surface area contributed by atoms with Crippen molar-refractivity contribution in [2.75, 3.05) is 13.7 Å². The van der Waals surface area contributed by atoms with Crippen molar-refractivity contribution in [3.05, 3.63) is 54.0 Å². The zero-order valence-electron chi connectivity index (χ0n) is 14.2. The summed E-state index contributed by atoms with van der Waals surface area (Å²) in [6, 6.07) is 9.25. The number of ether oxygens (including phenoxy) is 2. The highest BCUT2D eigenvalue weighted by Crippen LogP contribution is 2.19. The van der Waals surface area contributed by atoms with E-state index in [1.807, 2.05) is 0 Å². The summed E-state index contributed by atoms with van der Waals surface area (Å²) >= 11 is 0. The predicted molar refractivity (Wildman–Crippen MR) is 102 cm³/mol. The molecule has 0 saturated carbocycles. The maximum Gasteiger partial charge on any atom is 0.222 e. The lowest BCUT2D eigenvalue weighted by atomic mass is 10.2. The molecule has 0 aliphatic rings. The van der Waals surface area contributed by atoms with Crippen LogP contribution < -0.4 is 15.8 Å². The molecule has 0 radical (unpaired) electrons. The minimum atomic E-state index is -0.376. The average molecular weight is 406 g/mol. The fourth-order valence-corrected chi connectivity index (χ4v) is 1.97. The molecule has 0 aliphatic carbocycles. The number of rotatable bonds is 8. The van der Waals surface area contributed by atoms with E-state index in [1.165, 1.54) is 19.2 Å². The number of methoxy groups -OCH3 is 1. The number of amides is 1. The highest BCUT2D eigenvalue weighted by molar-refractivity contribution is 5.85. The van der Waals surface area contributed by atoms with Gasteiger partial charge in [0, 0.05) is 38.5 Å². The molecule has 3 N–H and O–H groups in total. The number of hydrogen-bond donors (Lipinski definition) is 2. The second-order valence-corrected chi connectivity index (χ2v) is 5.14. The largest absolute Gasteiger partial charge is 0.439 e. The molecule has 26 heavy (non-hydrogen) atoms. The Morgan fingerprint density at radius 1 is 1.31 bits per heavy atom. The van der Waals surface area contributed by atoms with Crippen molar-refractivity contribution >= 4 is 30.7 Å². The minimum absolute atomic E-state index is 0. The predicted octanol–water partition coefficient (Wildman–Crippen LogP) is 2.84. The highest BCUT2D eigenvalue weighted by atomic mass is 35.5. The van der Waals surface area contributed by atoms with Crippen molar-refractivity contribution in [2.24, 2.45) is 5.73 Å². The van der Waals surface area contributed by atoms with Crippen molar-refractivity contribution < 1.29 is 18.7 Å². The van der Waals surface area contributed by atoms with Gasteiger partial charge in [-0.2, -0.15) is 0 Å². The molecule has 2 rings (SSSR count). The van der Waals surface area contributed by atoms with Gasteiger partial charge in [-0.15, -0.1) is 24.8 Å². The van der Waals surface area contributed by atoms with Gasteiger partial charge in [0.2, 0.25) is 11.8 Å². The van der Waals surface area contributed by atoms with Gasteiger partial charge in [0.05, 0.1) is 12.5 Å². The van der Waals surface area contributed by atoms with Gasteiger partial charge in [-0.1, -0.05) is 12.1 Å². The maximum atomic E-state index is 13.1. The summed E-state index contributed by atoms with van der Waals surface area (Å²) in [6.45, 7) is 0.630. The van der Waals surface area contributed by atoms with Crippen LogP contribution in [0.1, 0.15) is 12.0 Å². The van der Waals surface area contributed by atoms with Gasteiger partial charge in [-0.05, 0) is 17.7 Å². The Morgan fingerprint density at radius 2 is 2.08 bits per heavy atom. The van der Waals surface area contributed by atoms with E-state index in [-0.39, 0.29) is 55.6 Å². The lowest BCUT2D eigenvalue weighted by Gasteiger charge is -2.12. The van der Waals surface area contributed by atoms with Gasteiger partial charge in [0.1, 0.15) is 11.6 Å². The van der Waals surface area contributed by atoms with Crippen molar-refractivity contribution in [2.45, 2.75) is 19.1 Å². The normalized spacial score (nSPS) is 10.9. The highest BCUT2D eigenvalue weighted by Gasteiger charge is 2.11.